The summed E-state index contributed by atoms with van der Waals surface area (Å²) in [6.07, 6.45) is 98.6. The van der Waals surface area contributed by atoms with Crippen molar-refractivity contribution in [3.8, 4) is 0 Å². The van der Waals surface area contributed by atoms with E-state index >= 15 is 0 Å². The number of hydrogen-bond acceptors (Lipinski definition) is 6. The Morgan fingerprint density at radius 1 is 0.256 bits per heavy atom. The van der Waals surface area contributed by atoms with Gasteiger partial charge in [0.25, 0.3) is 0 Å². The number of unbranched alkanes of at least 4 members (excludes halogenated alkanes) is 25. The van der Waals surface area contributed by atoms with E-state index in [1.165, 1.54) is 96.3 Å². The van der Waals surface area contributed by atoms with Crippen LogP contribution < -0.4 is 0 Å². The van der Waals surface area contributed by atoms with Gasteiger partial charge in [-0.2, -0.15) is 0 Å². The molecule has 1 unspecified atom stereocenters. The minimum atomic E-state index is -0.798. The number of rotatable bonds is 60. The van der Waals surface area contributed by atoms with Crippen LogP contribution in [0, 0.1) is 0 Å². The molecular formula is C76H124O6. The van der Waals surface area contributed by atoms with Crippen molar-refractivity contribution >= 4 is 17.9 Å². The lowest BCUT2D eigenvalue weighted by Gasteiger charge is -2.18. The molecule has 0 amide bonds. The predicted octanol–water partition coefficient (Wildman–Crippen LogP) is 23.5. The van der Waals surface area contributed by atoms with Gasteiger partial charge in [0.15, 0.2) is 6.10 Å². The van der Waals surface area contributed by atoms with E-state index in [4.69, 9.17) is 14.2 Å². The van der Waals surface area contributed by atoms with Gasteiger partial charge in [-0.1, -0.05) is 282 Å². The lowest BCUT2D eigenvalue weighted by Crippen LogP contribution is -2.30. The van der Waals surface area contributed by atoms with Gasteiger partial charge in [0.05, 0.1) is 0 Å². The van der Waals surface area contributed by atoms with Crippen LogP contribution >= 0.6 is 0 Å². The summed E-state index contributed by atoms with van der Waals surface area (Å²) >= 11 is 0. The molecule has 0 saturated carbocycles. The molecule has 0 aliphatic rings. The molecule has 0 fully saturated rings. The van der Waals surface area contributed by atoms with Gasteiger partial charge in [-0.05, 0) is 141 Å². The van der Waals surface area contributed by atoms with Crippen molar-refractivity contribution in [1.82, 2.24) is 0 Å². The van der Waals surface area contributed by atoms with Crippen molar-refractivity contribution in [2.45, 2.75) is 303 Å². The summed E-state index contributed by atoms with van der Waals surface area (Å²) in [5.74, 6) is -0.920. The highest BCUT2D eigenvalue weighted by molar-refractivity contribution is 5.71. The van der Waals surface area contributed by atoms with Crippen LogP contribution in [-0.2, 0) is 28.6 Å². The van der Waals surface area contributed by atoms with Crippen molar-refractivity contribution in [2.24, 2.45) is 0 Å². The maximum Gasteiger partial charge on any atom is 0.306 e. The van der Waals surface area contributed by atoms with Gasteiger partial charge in [-0.3, -0.25) is 14.4 Å². The van der Waals surface area contributed by atoms with Gasteiger partial charge in [-0.15, -0.1) is 0 Å². The Morgan fingerprint density at radius 3 is 0.756 bits per heavy atom. The van der Waals surface area contributed by atoms with Gasteiger partial charge < -0.3 is 14.2 Å². The normalized spacial score (nSPS) is 13.1. The molecule has 0 aromatic carbocycles. The van der Waals surface area contributed by atoms with Crippen LogP contribution in [0.4, 0.5) is 0 Å². The van der Waals surface area contributed by atoms with Crippen molar-refractivity contribution < 1.29 is 28.6 Å². The first-order valence-corrected chi connectivity index (χ1v) is 33.8. The second-order valence-electron chi connectivity index (χ2n) is 22.0. The van der Waals surface area contributed by atoms with Crippen molar-refractivity contribution in [3.63, 3.8) is 0 Å². The molecule has 0 radical (unpaired) electrons. The topological polar surface area (TPSA) is 78.9 Å². The molecule has 0 aliphatic heterocycles. The first-order chi connectivity index (χ1) is 40.5. The first-order valence-electron chi connectivity index (χ1n) is 33.8. The lowest BCUT2D eigenvalue weighted by molar-refractivity contribution is -0.167. The third kappa shape index (κ3) is 66.1. The van der Waals surface area contributed by atoms with Crippen LogP contribution in [0.3, 0.4) is 0 Å². The van der Waals surface area contributed by atoms with Crippen molar-refractivity contribution in [1.29, 1.82) is 0 Å². The fourth-order valence-corrected chi connectivity index (χ4v) is 9.06. The summed E-state index contributed by atoms with van der Waals surface area (Å²) in [4.78, 5) is 38.4. The fourth-order valence-electron chi connectivity index (χ4n) is 9.06. The monoisotopic (exact) mass is 1130 g/mol. The maximum absolute atomic E-state index is 12.9. The Kier molecular flexibility index (Phi) is 64.8. The summed E-state index contributed by atoms with van der Waals surface area (Å²) in [7, 11) is 0. The Morgan fingerprint density at radius 2 is 0.476 bits per heavy atom. The zero-order valence-electron chi connectivity index (χ0n) is 53.2. The number of esters is 3. The number of allylic oxidation sites excluding steroid dienone is 24. The molecule has 0 N–H and O–H groups in total. The van der Waals surface area contributed by atoms with Gasteiger partial charge >= 0.3 is 17.9 Å². The van der Waals surface area contributed by atoms with E-state index in [0.717, 1.165) is 161 Å². The van der Waals surface area contributed by atoms with Gasteiger partial charge in [0.2, 0.25) is 0 Å². The molecule has 0 saturated heterocycles. The lowest BCUT2D eigenvalue weighted by atomic mass is 10.0. The molecule has 0 aromatic rings. The third-order valence-electron chi connectivity index (χ3n) is 14.1. The quantitative estimate of drug-likeness (QED) is 0.0261. The molecule has 0 bridgehead atoms. The molecular weight excluding hydrogens is 1010 g/mol. The average Bonchev–Trinajstić information content (AvgIpc) is 3.47. The van der Waals surface area contributed by atoms with Crippen LogP contribution in [0.1, 0.15) is 297 Å². The largest absolute Gasteiger partial charge is 0.462 e. The zero-order chi connectivity index (χ0) is 59.2. The molecule has 0 aliphatic carbocycles. The summed E-state index contributed by atoms with van der Waals surface area (Å²) in [6, 6.07) is 0. The SMILES string of the molecule is CC/C=C\C/C=C\C/C=C\C/C=C\C/C=C\C/C=C\C/C=C\CCCCCCCC(=O)OCC(COC(=O)CCCCCCC/C=C\CCCCC)OC(=O)CCCCCCCCCCCCCC/C=C\C/C=C\C/C=C\C/C=C\CC. The Hall–Kier alpha value is -4.71. The number of carbonyl (C=O) groups excluding carboxylic acids is 3. The highest BCUT2D eigenvalue weighted by Gasteiger charge is 2.19. The van der Waals surface area contributed by atoms with E-state index in [1.54, 1.807) is 0 Å². The number of carbonyl (C=O) groups is 3. The molecule has 0 rings (SSSR count). The molecule has 0 aromatic heterocycles. The van der Waals surface area contributed by atoms with Gasteiger partial charge in [0, 0.05) is 19.3 Å². The molecule has 82 heavy (non-hydrogen) atoms. The second-order valence-corrected chi connectivity index (χ2v) is 22.0. The van der Waals surface area contributed by atoms with Gasteiger partial charge in [0.1, 0.15) is 13.2 Å². The number of ether oxygens (including phenoxy) is 3. The van der Waals surface area contributed by atoms with Crippen LogP contribution in [0.15, 0.2) is 146 Å². The van der Waals surface area contributed by atoms with E-state index in [9.17, 15) is 14.4 Å². The predicted molar refractivity (Wildman–Crippen MR) is 357 cm³/mol. The van der Waals surface area contributed by atoms with Crippen LogP contribution in [0.2, 0.25) is 0 Å². The third-order valence-corrected chi connectivity index (χ3v) is 14.1. The smallest absolute Gasteiger partial charge is 0.306 e. The van der Waals surface area contributed by atoms with E-state index < -0.39 is 6.10 Å². The molecule has 6 nitrogen and oxygen atoms in total. The number of hydrogen-bond donors (Lipinski definition) is 0. The molecule has 464 valence electrons. The minimum Gasteiger partial charge on any atom is -0.462 e. The highest BCUT2D eigenvalue weighted by atomic mass is 16.6. The summed E-state index contributed by atoms with van der Waals surface area (Å²) in [5, 5.41) is 0. The van der Waals surface area contributed by atoms with E-state index in [2.05, 4.69) is 167 Å². The fraction of sp³-hybridized carbons (Fsp3) is 0.645. The van der Waals surface area contributed by atoms with E-state index in [0.29, 0.717) is 19.3 Å². The average molecular weight is 1130 g/mol. The maximum atomic E-state index is 12.9. The summed E-state index contributed by atoms with van der Waals surface area (Å²) in [6.45, 7) is 6.38. The minimum absolute atomic E-state index is 0.0929. The molecule has 1 atom stereocenters. The molecule has 6 heteroatoms. The van der Waals surface area contributed by atoms with Gasteiger partial charge in [-0.25, -0.2) is 0 Å². The van der Waals surface area contributed by atoms with Crippen LogP contribution in [-0.4, -0.2) is 37.2 Å². The molecule has 0 spiro atoms. The van der Waals surface area contributed by atoms with Crippen molar-refractivity contribution in [3.05, 3.63) is 146 Å². The Balaban J connectivity index is 4.36. The Bertz CT molecular complexity index is 1780. The van der Waals surface area contributed by atoms with E-state index in [-0.39, 0.29) is 31.1 Å². The van der Waals surface area contributed by atoms with Crippen molar-refractivity contribution in [2.75, 3.05) is 13.2 Å². The van der Waals surface area contributed by atoms with E-state index in [1.807, 2.05) is 0 Å². The highest BCUT2D eigenvalue weighted by Crippen LogP contribution is 2.16. The zero-order valence-corrected chi connectivity index (χ0v) is 53.2. The Labute approximate surface area is 506 Å². The summed E-state index contributed by atoms with van der Waals surface area (Å²) in [5.41, 5.74) is 0. The standard InChI is InChI=1S/C76H124O6/c1-4-7-10-13-16-19-22-25-27-29-31-33-35-37-38-40-41-43-45-47-49-51-54-57-60-63-66-69-75(78)81-72-73(71-80-74(77)68-65-62-59-56-53-24-21-18-15-12-9-6-3)82-76(79)70-67-64-61-58-55-52-50-48-46-44-42-39-36-34-32-30-28-26-23-20-17-14-11-8-5-2/h7-8,10-11,16-21,25-28,31-34,37-38,41,43,47,49,73H,4-6,9,12-15,22-24,29-30,35-36,39-40,42,44-46,48,50-72H2,1-3H3/b10-7-,11-8-,19-16-,20-17-,21-18-,27-25-,28-26-,33-31-,34-32-,38-37-,43-41-,49-47-. The first kappa shape index (κ1) is 77.3. The second kappa shape index (κ2) is 68.8. The molecule has 0 heterocycles. The summed E-state index contributed by atoms with van der Waals surface area (Å²) < 4.78 is 16.9. The van der Waals surface area contributed by atoms with Crippen LogP contribution in [0.5, 0.6) is 0 Å². The van der Waals surface area contributed by atoms with Crippen LogP contribution in [0.25, 0.3) is 0 Å².